The highest BCUT2D eigenvalue weighted by molar-refractivity contribution is 5.74. The molecule has 0 amide bonds. The Morgan fingerprint density at radius 1 is 1.03 bits per heavy atom. The van der Waals surface area contributed by atoms with Crippen molar-refractivity contribution < 1.29 is 9.13 Å². The van der Waals surface area contributed by atoms with Crippen LogP contribution in [0.15, 0.2) is 42.5 Å². The van der Waals surface area contributed by atoms with Crippen LogP contribution in [0, 0.1) is 11.2 Å². The molecule has 1 fully saturated rings. The zero-order valence-corrected chi connectivity index (χ0v) is 16.7. The van der Waals surface area contributed by atoms with Crippen molar-refractivity contribution in [1.29, 1.82) is 5.41 Å². The number of hydrogen-bond acceptors (Lipinski definition) is 4. The van der Waals surface area contributed by atoms with E-state index >= 15 is 0 Å². The van der Waals surface area contributed by atoms with Crippen LogP contribution in [-0.2, 0) is 6.54 Å². The second kappa shape index (κ2) is 10.2. The van der Waals surface area contributed by atoms with Gasteiger partial charge < -0.3 is 21.1 Å². The number of hydrogen-bond donors (Lipinski definition) is 3. The highest BCUT2D eigenvalue weighted by Crippen LogP contribution is 2.28. The van der Waals surface area contributed by atoms with Gasteiger partial charge in [-0.05, 0) is 54.8 Å². The van der Waals surface area contributed by atoms with Gasteiger partial charge in [0, 0.05) is 38.3 Å². The van der Waals surface area contributed by atoms with E-state index in [-0.39, 0.29) is 11.8 Å². The molecule has 5 N–H and O–H groups in total. The van der Waals surface area contributed by atoms with Gasteiger partial charge in [-0.15, -0.1) is 0 Å². The van der Waals surface area contributed by atoms with Crippen molar-refractivity contribution in [2.24, 2.45) is 11.5 Å². The molecule has 6 nitrogen and oxygen atoms in total. The third-order valence-corrected chi connectivity index (χ3v) is 5.17. The van der Waals surface area contributed by atoms with E-state index in [0.29, 0.717) is 13.2 Å². The van der Waals surface area contributed by atoms with Crippen LogP contribution in [0.3, 0.4) is 0 Å². The fraction of sp³-hybridized carbons (Fsp3) is 0.409. The van der Waals surface area contributed by atoms with Crippen LogP contribution < -0.4 is 16.2 Å². The summed E-state index contributed by atoms with van der Waals surface area (Å²) in [7, 11) is 0. The molecule has 0 aliphatic carbocycles. The molecule has 0 bridgehead atoms. The van der Waals surface area contributed by atoms with Crippen molar-refractivity contribution in [3.8, 4) is 16.9 Å². The fourth-order valence-electron chi connectivity index (χ4n) is 3.54. The Balaban J connectivity index is 1.80. The summed E-state index contributed by atoms with van der Waals surface area (Å²) < 4.78 is 19.3. The van der Waals surface area contributed by atoms with Crippen LogP contribution in [0.25, 0.3) is 11.1 Å². The molecule has 3 rings (SSSR count). The summed E-state index contributed by atoms with van der Waals surface area (Å²) in [5.41, 5.74) is 14.4. The Morgan fingerprint density at radius 2 is 1.79 bits per heavy atom. The minimum absolute atomic E-state index is 0.135. The maximum absolute atomic E-state index is 13.3. The van der Waals surface area contributed by atoms with Gasteiger partial charge >= 0.3 is 0 Å². The van der Waals surface area contributed by atoms with E-state index in [4.69, 9.17) is 21.6 Å². The summed E-state index contributed by atoms with van der Waals surface area (Å²) in [6.07, 6.45) is 1.76. The normalized spacial score (nSPS) is 15.2. The molecule has 1 saturated heterocycles. The van der Waals surface area contributed by atoms with E-state index in [1.165, 1.54) is 12.1 Å². The third kappa shape index (κ3) is 5.92. The van der Waals surface area contributed by atoms with Gasteiger partial charge in [-0.3, -0.25) is 10.3 Å². The Hall–Kier alpha value is -2.64. The lowest BCUT2D eigenvalue weighted by Crippen LogP contribution is -2.39. The molecule has 2 aromatic carbocycles. The van der Waals surface area contributed by atoms with Crippen molar-refractivity contribution in [1.82, 2.24) is 9.80 Å². The molecule has 0 spiro atoms. The molecule has 29 heavy (non-hydrogen) atoms. The number of benzene rings is 2. The Morgan fingerprint density at radius 3 is 2.52 bits per heavy atom. The predicted octanol–water partition coefficient (Wildman–Crippen LogP) is 2.62. The summed E-state index contributed by atoms with van der Waals surface area (Å²) in [4.78, 5) is 4.27. The van der Waals surface area contributed by atoms with Gasteiger partial charge in [-0.1, -0.05) is 18.2 Å². The monoisotopic (exact) mass is 399 g/mol. The molecule has 2 aromatic rings. The van der Waals surface area contributed by atoms with Gasteiger partial charge in [0.1, 0.15) is 11.6 Å². The van der Waals surface area contributed by atoms with Crippen LogP contribution in [0.5, 0.6) is 5.75 Å². The highest BCUT2D eigenvalue weighted by atomic mass is 19.1. The summed E-state index contributed by atoms with van der Waals surface area (Å²) in [5.74, 6) is 0.753. The molecule has 0 radical (unpaired) electrons. The van der Waals surface area contributed by atoms with Gasteiger partial charge in [0.05, 0.1) is 6.61 Å². The molecule has 0 unspecified atom stereocenters. The third-order valence-electron chi connectivity index (χ3n) is 5.17. The van der Waals surface area contributed by atoms with Crippen molar-refractivity contribution in [3.05, 3.63) is 53.8 Å². The number of nitrogens with two attached hydrogens (primary N) is 2. The number of halogens is 1. The highest BCUT2D eigenvalue weighted by Gasteiger charge is 2.17. The average Bonchev–Trinajstić information content (AvgIpc) is 2.95. The molecule has 156 valence electrons. The first-order chi connectivity index (χ1) is 14.1. The lowest BCUT2D eigenvalue weighted by molar-refractivity contribution is 0.264. The standard InChI is InChI=1S/C22H30FN5O/c23-20-6-3-17(4-7-20)18-5-8-21(29-14-1-9-24)19(15-18)16-27-10-2-11-28(13-12-27)22(25)26/h3-8,15H,1-2,9-14,16,24H2,(H3,25,26). The second-order valence-electron chi connectivity index (χ2n) is 7.32. The number of rotatable bonds is 7. The van der Waals surface area contributed by atoms with Crippen LogP contribution in [0.1, 0.15) is 18.4 Å². The van der Waals surface area contributed by atoms with Gasteiger partial charge in [0.25, 0.3) is 0 Å². The van der Waals surface area contributed by atoms with Crippen LogP contribution in [0.4, 0.5) is 4.39 Å². The number of guanidine groups is 1. The number of nitrogens with zero attached hydrogens (tertiary/aromatic N) is 2. The van der Waals surface area contributed by atoms with Crippen LogP contribution >= 0.6 is 0 Å². The first-order valence-electron chi connectivity index (χ1n) is 10.1. The first kappa shape index (κ1) is 21.1. The summed E-state index contributed by atoms with van der Waals surface area (Å²) in [6, 6.07) is 12.7. The van der Waals surface area contributed by atoms with E-state index in [2.05, 4.69) is 11.0 Å². The minimum atomic E-state index is -0.240. The molecular weight excluding hydrogens is 369 g/mol. The summed E-state index contributed by atoms with van der Waals surface area (Å²) >= 11 is 0. The van der Waals surface area contributed by atoms with Gasteiger partial charge in [0.15, 0.2) is 5.96 Å². The van der Waals surface area contributed by atoms with Crippen molar-refractivity contribution in [2.75, 3.05) is 39.3 Å². The number of nitrogens with one attached hydrogen (secondary N) is 1. The van der Waals surface area contributed by atoms with Crippen molar-refractivity contribution in [3.63, 3.8) is 0 Å². The van der Waals surface area contributed by atoms with E-state index in [1.807, 2.05) is 17.0 Å². The van der Waals surface area contributed by atoms with Crippen molar-refractivity contribution in [2.45, 2.75) is 19.4 Å². The molecule has 1 heterocycles. The maximum Gasteiger partial charge on any atom is 0.188 e. The molecule has 1 aliphatic rings. The average molecular weight is 400 g/mol. The minimum Gasteiger partial charge on any atom is -0.493 e. The fourth-order valence-corrected chi connectivity index (χ4v) is 3.54. The predicted molar refractivity (Wildman–Crippen MR) is 114 cm³/mol. The lowest BCUT2D eigenvalue weighted by Gasteiger charge is -2.23. The van der Waals surface area contributed by atoms with Crippen molar-refractivity contribution >= 4 is 5.96 Å². The smallest absolute Gasteiger partial charge is 0.188 e. The molecular formula is C22H30FN5O. The van der Waals surface area contributed by atoms with Gasteiger partial charge in [-0.2, -0.15) is 0 Å². The molecule has 0 atom stereocenters. The molecule has 7 heteroatoms. The second-order valence-corrected chi connectivity index (χ2v) is 7.32. The lowest BCUT2D eigenvalue weighted by atomic mass is 10.0. The van der Waals surface area contributed by atoms with Crippen LogP contribution in [-0.4, -0.2) is 55.1 Å². The Labute approximate surface area is 171 Å². The maximum atomic E-state index is 13.3. The van der Waals surface area contributed by atoms with E-state index in [1.54, 1.807) is 12.1 Å². The Kier molecular flexibility index (Phi) is 7.43. The Bertz CT molecular complexity index is 811. The molecule has 1 aliphatic heterocycles. The van der Waals surface area contributed by atoms with Crippen LogP contribution in [0.2, 0.25) is 0 Å². The summed E-state index contributed by atoms with van der Waals surface area (Å²) in [6.45, 7) is 5.25. The van der Waals surface area contributed by atoms with E-state index in [0.717, 1.165) is 68.0 Å². The topological polar surface area (TPSA) is 91.6 Å². The quantitative estimate of drug-likeness (QED) is 0.378. The zero-order chi connectivity index (χ0) is 20.6. The summed E-state index contributed by atoms with van der Waals surface area (Å²) in [5, 5.41) is 7.67. The van der Waals surface area contributed by atoms with Gasteiger partial charge in [0.2, 0.25) is 0 Å². The molecule has 0 aromatic heterocycles. The zero-order valence-electron chi connectivity index (χ0n) is 16.7. The number of ether oxygens (including phenoxy) is 1. The first-order valence-corrected chi connectivity index (χ1v) is 10.1. The van der Waals surface area contributed by atoms with E-state index < -0.39 is 0 Å². The largest absolute Gasteiger partial charge is 0.493 e. The van der Waals surface area contributed by atoms with E-state index in [9.17, 15) is 4.39 Å². The van der Waals surface area contributed by atoms with Gasteiger partial charge in [-0.25, -0.2) is 4.39 Å². The SMILES string of the molecule is N=C(N)N1CCCN(Cc2cc(-c3ccc(F)cc3)ccc2OCCCN)CC1. The molecule has 0 saturated carbocycles.